The minimum absolute atomic E-state index is 0.125. The maximum Gasteiger partial charge on any atom is 0.175 e. The molecule has 0 amide bonds. The molecule has 3 atom stereocenters. The van der Waals surface area contributed by atoms with Gasteiger partial charge in [-0.3, -0.25) is 4.68 Å². The van der Waals surface area contributed by atoms with Gasteiger partial charge in [0.05, 0.1) is 17.0 Å². The summed E-state index contributed by atoms with van der Waals surface area (Å²) in [6.45, 7) is 4.47. The molecule has 1 aromatic heterocycles. The van der Waals surface area contributed by atoms with Gasteiger partial charge in [-0.2, -0.15) is 5.10 Å². The van der Waals surface area contributed by atoms with E-state index in [1.165, 1.54) is 18.4 Å². The van der Waals surface area contributed by atoms with Crippen molar-refractivity contribution in [2.75, 3.05) is 12.8 Å². The van der Waals surface area contributed by atoms with Crippen LogP contribution in [0.25, 0.3) is 0 Å². The van der Waals surface area contributed by atoms with Gasteiger partial charge in [-0.25, -0.2) is 8.42 Å². The third-order valence-corrected chi connectivity index (χ3v) is 5.12. The van der Waals surface area contributed by atoms with Crippen molar-refractivity contribution in [1.82, 2.24) is 15.1 Å². The molecule has 0 aliphatic carbocycles. The first-order valence-electron chi connectivity index (χ1n) is 7.49. The number of nitrogens with one attached hydrogen (secondary N) is 1. The second-order valence-electron chi connectivity index (χ2n) is 5.78. The largest absolute Gasteiger partial charge is 0.387 e. The Balaban J connectivity index is 1.93. The average molecular weight is 337 g/mol. The Morgan fingerprint density at radius 2 is 1.91 bits per heavy atom. The van der Waals surface area contributed by atoms with Gasteiger partial charge in [0.25, 0.3) is 0 Å². The Hall–Kier alpha value is -1.70. The third-order valence-electron chi connectivity index (χ3n) is 3.99. The van der Waals surface area contributed by atoms with Gasteiger partial charge in [0, 0.05) is 31.2 Å². The van der Waals surface area contributed by atoms with Gasteiger partial charge < -0.3 is 10.4 Å². The number of aliphatic hydroxyl groups is 1. The molecule has 126 valence electrons. The molecule has 0 aliphatic heterocycles. The summed E-state index contributed by atoms with van der Waals surface area (Å²) in [4.78, 5) is 0.252. The minimum atomic E-state index is -3.21. The molecule has 0 fully saturated rings. The molecule has 1 heterocycles. The summed E-state index contributed by atoms with van der Waals surface area (Å²) >= 11 is 0. The Morgan fingerprint density at radius 3 is 2.43 bits per heavy atom. The topological polar surface area (TPSA) is 84.2 Å². The third kappa shape index (κ3) is 4.63. The summed E-state index contributed by atoms with van der Waals surface area (Å²) in [5, 5.41) is 17.7. The van der Waals surface area contributed by atoms with Crippen molar-refractivity contribution in [3.8, 4) is 0 Å². The quantitative estimate of drug-likeness (QED) is 0.801. The Bertz CT molecular complexity index is 712. The van der Waals surface area contributed by atoms with E-state index in [9.17, 15) is 13.5 Å². The number of hydrogen-bond donors (Lipinski definition) is 2. The first-order chi connectivity index (χ1) is 10.8. The molecule has 0 unspecified atom stereocenters. The van der Waals surface area contributed by atoms with Crippen molar-refractivity contribution in [2.24, 2.45) is 0 Å². The lowest BCUT2D eigenvalue weighted by Crippen LogP contribution is -2.36. The normalized spacial score (nSPS) is 16.0. The van der Waals surface area contributed by atoms with Crippen LogP contribution in [0.2, 0.25) is 0 Å². The Labute approximate surface area is 137 Å². The van der Waals surface area contributed by atoms with Crippen LogP contribution >= 0.6 is 0 Å². The number of aromatic nitrogens is 2. The minimum Gasteiger partial charge on any atom is -0.387 e. The van der Waals surface area contributed by atoms with Crippen molar-refractivity contribution in [2.45, 2.75) is 36.9 Å². The monoisotopic (exact) mass is 337 g/mol. The zero-order valence-corrected chi connectivity index (χ0v) is 14.4. The molecule has 2 rings (SSSR count). The van der Waals surface area contributed by atoms with Gasteiger partial charge in [0.1, 0.15) is 0 Å². The lowest BCUT2D eigenvalue weighted by molar-refractivity contribution is 0.165. The lowest BCUT2D eigenvalue weighted by atomic mass is 10.1. The highest BCUT2D eigenvalue weighted by Gasteiger charge is 2.16. The van der Waals surface area contributed by atoms with Crippen molar-refractivity contribution in [3.05, 3.63) is 48.3 Å². The maximum atomic E-state index is 11.4. The van der Waals surface area contributed by atoms with Crippen LogP contribution < -0.4 is 5.32 Å². The van der Waals surface area contributed by atoms with Crippen LogP contribution in [0.1, 0.15) is 31.6 Å². The molecule has 2 N–H and O–H groups in total. The van der Waals surface area contributed by atoms with Crippen molar-refractivity contribution >= 4 is 9.84 Å². The Morgan fingerprint density at radius 1 is 1.26 bits per heavy atom. The molecular formula is C16H23N3O3S. The van der Waals surface area contributed by atoms with E-state index >= 15 is 0 Å². The summed E-state index contributed by atoms with van der Waals surface area (Å²) in [7, 11) is -3.21. The predicted octanol–water partition coefficient (Wildman–Crippen LogP) is 1.56. The van der Waals surface area contributed by atoms with E-state index in [-0.39, 0.29) is 17.0 Å². The number of sulfone groups is 1. The van der Waals surface area contributed by atoms with Gasteiger partial charge in [-0.05, 0) is 37.6 Å². The second-order valence-corrected chi connectivity index (χ2v) is 7.80. The van der Waals surface area contributed by atoms with E-state index in [4.69, 9.17) is 0 Å². The van der Waals surface area contributed by atoms with E-state index in [0.29, 0.717) is 12.1 Å². The van der Waals surface area contributed by atoms with Crippen LogP contribution in [0, 0.1) is 0 Å². The molecule has 2 aromatic rings. The van der Waals surface area contributed by atoms with Crippen LogP contribution in [0.5, 0.6) is 0 Å². The summed E-state index contributed by atoms with van der Waals surface area (Å²) in [5.74, 6) is 0. The van der Waals surface area contributed by atoms with Gasteiger partial charge >= 0.3 is 0 Å². The van der Waals surface area contributed by atoms with Gasteiger partial charge in [0.2, 0.25) is 0 Å². The first-order valence-corrected chi connectivity index (χ1v) is 9.39. The summed E-state index contributed by atoms with van der Waals surface area (Å²) in [5.41, 5.74) is 0.684. The van der Waals surface area contributed by atoms with Crippen molar-refractivity contribution in [1.29, 1.82) is 0 Å². The molecule has 23 heavy (non-hydrogen) atoms. The molecule has 0 saturated carbocycles. The first kappa shape index (κ1) is 17.7. The molecule has 0 aliphatic rings. The molecule has 0 spiro atoms. The summed E-state index contributed by atoms with van der Waals surface area (Å²) in [6, 6.07) is 8.48. The number of rotatable bonds is 7. The maximum absolute atomic E-state index is 11.4. The number of aliphatic hydroxyl groups excluding tert-OH is 1. The van der Waals surface area contributed by atoms with Crippen LogP contribution in [0.15, 0.2) is 47.6 Å². The smallest absolute Gasteiger partial charge is 0.175 e. The van der Waals surface area contributed by atoms with E-state index in [1.807, 2.05) is 23.9 Å². The lowest BCUT2D eigenvalue weighted by Gasteiger charge is -2.23. The molecule has 0 saturated heterocycles. The van der Waals surface area contributed by atoms with Gasteiger partial charge in [-0.15, -0.1) is 0 Å². The number of hydrogen-bond acceptors (Lipinski definition) is 5. The van der Waals surface area contributed by atoms with Crippen LogP contribution in [0.3, 0.4) is 0 Å². The highest BCUT2D eigenvalue weighted by atomic mass is 32.2. The zero-order valence-electron chi connectivity index (χ0n) is 13.5. The van der Waals surface area contributed by atoms with Crippen molar-refractivity contribution in [3.63, 3.8) is 0 Å². The van der Waals surface area contributed by atoms with E-state index in [1.54, 1.807) is 18.3 Å². The molecule has 6 nitrogen and oxygen atoms in total. The van der Waals surface area contributed by atoms with Crippen LogP contribution in [-0.4, -0.2) is 42.1 Å². The number of benzene rings is 1. The molecule has 1 aromatic carbocycles. The average Bonchev–Trinajstić information content (AvgIpc) is 3.05. The SMILES string of the molecule is C[C@H](NC[C@H](O)c1ccc(S(C)(=O)=O)cc1)[C@H](C)n1cccn1. The molecular weight excluding hydrogens is 314 g/mol. The highest BCUT2D eigenvalue weighted by molar-refractivity contribution is 7.90. The van der Waals surface area contributed by atoms with Crippen molar-refractivity contribution < 1.29 is 13.5 Å². The fourth-order valence-electron chi connectivity index (χ4n) is 2.27. The number of nitrogens with zero attached hydrogens (tertiary/aromatic N) is 2. The van der Waals surface area contributed by atoms with Gasteiger partial charge in [-0.1, -0.05) is 12.1 Å². The molecule has 0 bridgehead atoms. The van der Waals surface area contributed by atoms with Gasteiger partial charge in [0.15, 0.2) is 9.84 Å². The van der Waals surface area contributed by atoms with E-state index < -0.39 is 15.9 Å². The zero-order chi connectivity index (χ0) is 17.0. The predicted molar refractivity (Wildman–Crippen MR) is 88.9 cm³/mol. The molecule has 7 heteroatoms. The fourth-order valence-corrected chi connectivity index (χ4v) is 2.90. The second kappa shape index (κ2) is 7.25. The highest BCUT2D eigenvalue weighted by Crippen LogP contribution is 2.17. The van der Waals surface area contributed by atoms with Crippen LogP contribution in [-0.2, 0) is 9.84 Å². The standard InChI is InChI=1S/C16H23N3O3S/c1-12(13(2)19-10-4-9-18-19)17-11-16(20)14-5-7-15(8-6-14)23(3,21)22/h4-10,12-13,16-17,20H,11H2,1-3H3/t12-,13-,16-/m0/s1. The van der Waals surface area contributed by atoms with E-state index in [2.05, 4.69) is 17.3 Å². The molecule has 0 radical (unpaired) electrons. The van der Waals surface area contributed by atoms with Crippen LogP contribution in [0.4, 0.5) is 0 Å². The van der Waals surface area contributed by atoms with E-state index in [0.717, 1.165) is 0 Å². The Kier molecular flexibility index (Phi) is 5.56. The summed E-state index contributed by atoms with van der Waals surface area (Å²) in [6.07, 6.45) is 4.11. The summed E-state index contributed by atoms with van der Waals surface area (Å²) < 4.78 is 24.7. The fraction of sp³-hybridized carbons (Fsp3) is 0.438.